The van der Waals surface area contributed by atoms with Gasteiger partial charge in [0, 0.05) is 36.1 Å². The van der Waals surface area contributed by atoms with Gasteiger partial charge in [0.2, 0.25) is 0 Å². The molecule has 3 rings (SSSR count). The molecule has 0 saturated heterocycles. The van der Waals surface area contributed by atoms with Gasteiger partial charge >= 0.3 is 0 Å². The Bertz CT molecular complexity index is 842. The van der Waals surface area contributed by atoms with Crippen LogP contribution in [0.3, 0.4) is 0 Å². The smallest absolute Gasteiger partial charge is 0.115 e. The summed E-state index contributed by atoms with van der Waals surface area (Å²) in [7, 11) is 0. The minimum Gasteiger partial charge on any atom is -0.265 e. The highest BCUT2D eigenvalue weighted by Crippen LogP contribution is 2.29. The van der Waals surface area contributed by atoms with Gasteiger partial charge in [-0.1, -0.05) is 0 Å². The minimum atomic E-state index is 0.636. The molecule has 3 aromatic heterocycles. The maximum atomic E-state index is 9.43. The molecule has 0 aromatic carbocycles. The minimum absolute atomic E-state index is 0.636. The number of rotatable bonds is 4. The van der Waals surface area contributed by atoms with E-state index in [0.717, 1.165) is 33.2 Å². The van der Waals surface area contributed by atoms with Gasteiger partial charge in [-0.2, -0.15) is 5.26 Å². The molecule has 3 aromatic rings. The van der Waals surface area contributed by atoms with Crippen LogP contribution in [0.4, 0.5) is 0 Å². The van der Waals surface area contributed by atoms with Crippen LogP contribution < -0.4 is 0 Å². The third-order valence-corrected chi connectivity index (χ3v) is 4.42. The number of pyridine rings is 3. The second-order valence-corrected chi connectivity index (χ2v) is 5.97. The Balaban J connectivity index is 1.94. The molecule has 4 nitrogen and oxygen atoms in total. The molecule has 0 atom stereocenters. The topological polar surface area (TPSA) is 62.5 Å². The highest BCUT2D eigenvalue weighted by molar-refractivity contribution is 7.98. The van der Waals surface area contributed by atoms with E-state index in [4.69, 9.17) is 0 Å². The van der Waals surface area contributed by atoms with Crippen molar-refractivity contribution in [2.75, 3.05) is 0 Å². The van der Waals surface area contributed by atoms with Crippen molar-refractivity contribution < 1.29 is 0 Å². The summed E-state index contributed by atoms with van der Waals surface area (Å²) in [6, 6.07) is 12.0. The molecule has 0 aliphatic heterocycles. The van der Waals surface area contributed by atoms with Gasteiger partial charge in [-0.15, -0.1) is 11.8 Å². The van der Waals surface area contributed by atoms with Gasteiger partial charge in [-0.3, -0.25) is 9.97 Å². The fraction of sp³-hybridized carbons (Fsp3) is 0.111. The maximum absolute atomic E-state index is 9.43. The van der Waals surface area contributed by atoms with Crippen molar-refractivity contribution >= 4 is 11.8 Å². The summed E-state index contributed by atoms with van der Waals surface area (Å²) in [6.45, 7) is 1.94. The standard InChI is InChI=1S/C18H14N4S/c1-13-9-17(15-3-2-6-21-11-15)22-18(16(13)10-19)23-12-14-4-7-20-8-5-14/h2-9,11H,12H2,1H3. The fourth-order valence-corrected chi connectivity index (χ4v) is 3.19. The second-order valence-electron chi connectivity index (χ2n) is 5.00. The van der Waals surface area contributed by atoms with E-state index < -0.39 is 0 Å². The third-order valence-electron chi connectivity index (χ3n) is 3.38. The summed E-state index contributed by atoms with van der Waals surface area (Å²) >= 11 is 1.57. The van der Waals surface area contributed by atoms with Crippen LogP contribution in [0.15, 0.2) is 60.1 Å². The second kappa shape index (κ2) is 7.03. The van der Waals surface area contributed by atoms with Crippen LogP contribution in [-0.4, -0.2) is 15.0 Å². The van der Waals surface area contributed by atoms with Crippen LogP contribution in [0.25, 0.3) is 11.3 Å². The molecule has 0 bridgehead atoms. The van der Waals surface area contributed by atoms with E-state index in [9.17, 15) is 5.26 Å². The molecule has 23 heavy (non-hydrogen) atoms. The van der Waals surface area contributed by atoms with E-state index in [1.165, 1.54) is 0 Å². The highest BCUT2D eigenvalue weighted by Gasteiger charge is 2.12. The summed E-state index contributed by atoms with van der Waals surface area (Å²) in [5, 5.41) is 10.2. The largest absolute Gasteiger partial charge is 0.265 e. The number of aryl methyl sites for hydroxylation is 1. The van der Waals surface area contributed by atoms with Crippen molar-refractivity contribution in [1.29, 1.82) is 5.26 Å². The zero-order chi connectivity index (χ0) is 16.1. The predicted molar refractivity (Wildman–Crippen MR) is 90.7 cm³/mol. The van der Waals surface area contributed by atoms with Crippen LogP contribution in [0.1, 0.15) is 16.7 Å². The van der Waals surface area contributed by atoms with Gasteiger partial charge in [0.1, 0.15) is 11.1 Å². The monoisotopic (exact) mass is 318 g/mol. The molecular formula is C18H14N4S. The zero-order valence-corrected chi connectivity index (χ0v) is 13.4. The lowest BCUT2D eigenvalue weighted by Crippen LogP contribution is -1.95. The van der Waals surface area contributed by atoms with Gasteiger partial charge in [-0.25, -0.2) is 4.98 Å². The Labute approximate surface area is 139 Å². The molecule has 0 fully saturated rings. The Hall–Kier alpha value is -2.71. The summed E-state index contributed by atoms with van der Waals surface area (Å²) < 4.78 is 0. The molecule has 5 heteroatoms. The van der Waals surface area contributed by atoms with Crippen molar-refractivity contribution in [2.45, 2.75) is 17.7 Å². The first-order valence-electron chi connectivity index (χ1n) is 7.12. The summed E-state index contributed by atoms with van der Waals surface area (Å²) in [5.74, 6) is 0.750. The normalized spacial score (nSPS) is 10.3. The SMILES string of the molecule is Cc1cc(-c2cccnc2)nc(SCc2ccncc2)c1C#N. The van der Waals surface area contributed by atoms with Crippen molar-refractivity contribution in [3.63, 3.8) is 0 Å². The lowest BCUT2D eigenvalue weighted by atomic mass is 10.1. The van der Waals surface area contributed by atoms with Crippen molar-refractivity contribution in [2.24, 2.45) is 0 Å². The number of hydrogen-bond acceptors (Lipinski definition) is 5. The van der Waals surface area contributed by atoms with Gasteiger partial charge < -0.3 is 0 Å². The van der Waals surface area contributed by atoms with Crippen LogP contribution in [-0.2, 0) is 5.75 Å². The van der Waals surface area contributed by atoms with Crippen LogP contribution in [0, 0.1) is 18.3 Å². The van der Waals surface area contributed by atoms with Gasteiger partial charge in [0.25, 0.3) is 0 Å². The Kier molecular flexibility index (Phi) is 4.65. The number of nitrogens with zero attached hydrogens (tertiary/aromatic N) is 4. The van der Waals surface area contributed by atoms with Crippen LogP contribution in [0.2, 0.25) is 0 Å². The summed E-state index contributed by atoms with van der Waals surface area (Å²) in [4.78, 5) is 12.8. The first-order chi connectivity index (χ1) is 11.3. The maximum Gasteiger partial charge on any atom is 0.115 e. The van der Waals surface area contributed by atoms with E-state index in [-0.39, 0.29) is 0 Å². The Morgan fingerprint density at radius 3 is 2.65 bits per heavy atom. The lowest BCUT2D eigenvalue weighted by molar-refractivity contribution is 1.09. The third kappa shape index (κ3) is 3.55. The predicted octanol–water partition coefficient (Wildman–Crippen LogP) is 4.01. The van der Waals surface area contributed by atoms with E-state index in [2.05, 4.69) is 21.0 Å². The molecular weight excluding hydrogens is 304 g/mol. The summed E-state index contributed by atoms with van der Waals surface area (Å²) in [6.07, 6.45) is 7.06. The molecule has 0 aliphatic carbocycles. The molecule has 0 amide bonds. The summed E-state index contributed by atoms with van der Waals surface area (Å²) in [5.41, 5.74) is 4.51. The number of nitriles is 1. The van der Waals surface area contributed by atoms with Crippen LogP contribution in [0.5, 0.6) is 0 Å². The van der Waals surface area contributed by atoms with E-state index >= 15 is 0 Å². The molecule has 0 unspecified atom stereocenters. The van der Waals surface area contributed by atoms with Crippen molar-refractivity contribution in [3.8, 4) is 17.3 Å². The Morgan fingerprint density at radius 2 is 1.96 bits per heavy atom. The first-order valence-corrected chi connectivity index (χ1v) is 8.10. The molecule has 0 spiro atoms. The molecule has 0 aliphatic rings. The van der Waals surface area contributed by atoms with E-state index in [0.29, 0.717) is 5.56 Å². The molecule has 0 N–H and O–H groups in total. The zero-order valence-electron chi connectivity index (χ0n) is 12.6. The number of hydrogen-bond donors (Lipinski definition) is 0. The van der Waals surface area contributed by atoms with Crippen molar-refractivity contribution in [3.05, 3.63) is 71.8 Å². The first kappa shape index (κ1) is 15.2. The van der Waals surface area contributed by atoms with Crippen LogP contribution >= 0.6 is 11.8 Å². The van der Waals surface area contributed by atoms with Gasteiger partial charge in [0.15, 0.2) is 0 Å². The fourth-order valence-electron chi connectivity index (χ4n) is 2.18. The Morgan fingerprint density at radius 1 is 1.13 bits per heavy atom. The average Bonchev–Trinajstić information content (AvgIpc) is 2.61. The number of thioether (sulfide) groups is 1. The van der Waals surface area contributed by atoms with E-state index in [1.54, 1.807) is 36.5 Å². The lowest BCUT2D eigenvalue weighted by Gasteiger charge is -2.09. The van der Waals surface area contributed by atoms with Crippen molar-refractivity contribution in [1.82, 2.24) is 15.0 Å². The van der Waals surface area contributed by atoms with Gasteiger partial charge in [0.05, 0.1) is 11.3 Å². The van der Waals surface area contributed by atoms with E-state index in [1.807, 2.05) is 37.3 Å². The average molecular weight is 318 g/mol. The molecule has 112 valence electrons. The highest BCUT2D eigenvalue weighted by atomic mass is 32.2. The quantitative estimate of drug-likeness (QED) is 0.680. The molecule has 0 saturated carbocycles. The molecule has 0 radical (unpaired) electrons. The number of aromatic nitrogens is 3. The van der Waals surface area contributed by atoms with Gasteiger partial charge in [-0.05, 0) is 48.4 Å². The molecule has 3 heterocycles.